The number of ether oxygens (including phenoxy) is 3. The Kier molecular flexibility index (Phi) is 3.56. The molecule has 1 heterocycles. The molecule has 0 unspecified atom stereocenters. The van der Waals surface area contributed by atoms with Gasteiger partial charge in [-0.05, 0) is 35.0 Å². The summed E-state index contributed by atoms with van der Waals surface area (Å²) in [5, 5.41) is 0. The van der Waals surface area contributed by atoms with Gasteiger partial charge in [0.05, 0.1) is 7.11 Å². The molecule has 0 saturated heterocycles. The zero-order chi connectivity index (χ0) is 10.7. The Hall–Kier alpha value is -0.650. The molecule has 15 heavy (non-hydrogen) atoms. The van der Waals surface area contributed by atoms with E-state index < -0.39 is 0 Å². The highest BCUT2D eigenvalue weighted by Crippen LogP contribution is 2.41. The number of benzene rings is 1. The molecule has 0 fully saturated rings. The average molecular weight is 320 g/mol. The highest BCUT2D eigenvalue weighted by atomic mass is 127. The molecule has 4 heteroatoms. The largest absolute Gasteiger partial charge is 0.493 e. The fourth-order valence-corrected chi connectivity index (χ4v) is 1.98. The van der Waals surface area contributed by atoms with Crippen LogP contribution in [0, 0.1) is 0 Å². The Morgan fingerprint density at radius 1 is 1.40 bits per heavy atom. The standard InChI is InChI=1S/C11H13IO3/c1-13-9-5-8(3-2-4-12)6-10-11(9)15-7-14-10/h5-6H,2-4,7H2,1H3. The zero-order valence-electron chi connectivity index (χ0n) is 8.59. The van der Waals surface area contributed by atoms with E-state index in [1.165, 1.54) is 12.0 Å². The molecule has 0 spiro atoms. The Balaban J connectivity index is 2.26. The van der Waals surface area contributed by atoms with E-state index >= 15 is 0 Å². The van der Waals surface area contributed by atoms with Crippen molar-refractivity contribution < 1.29 is 14.2 Å². The predicted octanol–water partition coefficient (Wildman–Crippen LogP) is 2.79. The minimum absolute atomic E-state index is 0.293. The first-order valence-corrected chi connectivity index (χ1v) is 6.40. The number of hydrogen-bond acceptors (Lipinski definition) is 3. The summed E-state index contributed by atoms with van der Waals surface area (Å²) < 4.78 is 17.1. The third-order valence-electron chi connectivity index (χ3n) is 2.32. The fraction of sp³-hybridized carbons (Fsp3) is 0.455. The first kappa shape index (κ1) is 10.9. The summed E-state index contributed by atoms with van der Waals surface area (Å²) in [6.45, 7) is 0.293. The van der Waals surface area contributed by atoms with Crippen LogP contribution in [0.3, 0.4) is 0 Å². The summed E-state index contributed by atoms with van der Waals surface area (Å²) >= 11 is 2.38. The topological polar surface area (TPSA) is 27.7 Å². The number of methoxy groups -OCH3 is 1. The van der Waals surface area contributed by atoms with Gasteiger partial charge in [-0.15, -0.1) is 0 Å². The molecule has 3 nitrogen and oxygen atoms in total. The lowest BCUT2D eigenvalue weighted by molar-refractivity contribution is 0.171. The lowest BCUT2D eigenvalue weighted by Crippen LogP contribution is -1.93. The lowest BCUT2D eigenvalue weighted by Gasteiger charge is -2.07. The fourth-order valence-electron chi connectivity index (χ4n) is 1.60. The Morgan fingerprint density at radius 3 is 3.00 bits per heavy atom. The van der Waals surface area contributed by atoms with E-state index in [9.17, 15) is 0 Å². The zero-order valence-corrected chi connectivity index (χ0v) is 10.7. The molecule has 1 aliphatic heterocycles. The SMILES string of the molecule is COc1cc(CCCI)cc2c1OCO2. The van der Waals surface area contributed by atoms with Gasteiger partial charge in [0.15, 0.2) is 11.5 Å². The van der Waals surface area contributed by atoms with Crippen molar-refractivity contribution in [1.82, 2.24) is 0 Å². The van der Waals surface area contributed by atoms with Crippen LogP contribution in [0.1, 0.15) is 12.0 Å². The molecular weight excluding hydrogens is 307 g/mol. The van der Waals surface area contributed by atoms with Crippen LogP contribution in [0.15, 0.2) is 12.1 Å². The van der Waals surface area contributed by atoms with E-state index in [0.717, 1.165) is 28.1 Å². The first-order valence-electron chi connectivity index (χ1n) is 4.87. The van der Waals surface area contributed by atoms with Gasteiger partial charge in [0.1, 0.15) is 0 Å². The second-order valence-corrected chi connectivity index (χ2v) is 4.40. The highest BCUT2D eigenvalue weighted by Gasteiger charge is 2.19. The van der Waals surface area contributed by atoms with Gasteiger partial charge in [-0.25, -0.2) is 0 Å². The van der Waals surface area contributed by atoms with Crippen LogP contribution in [0.4, 0.5) is 0 Å². The third-order valence-corrected chi connectivity index (χ3v) is 3.08. The van der Waals surface area contributed by atoms with Gasteiger partial charge in [0.25, 0.3) is 0 Å². The summed E-state index contributed by atoms with van der Waals surface area (Å²) in [6.07, 6.45) is 2.22. The summed E-state index contributed by atoms with van der Waals surface area (Å²) in [4.78, 5) is 0. The minimum Gasteiger partial charge on any atom is -0.493 e. The third kappa shape index (κ3) is 2.30. The van der Waals surface area contributed by atoms with Gasteiger partial charge >= 0.3 is 0 Å². The monoisotopic (exact) mass is 320 g/mol. The number of fused-ring (bicyclic) bond motifs is 1. The van der Waals surface area contributed by atoms with E-state index in [4.69, 9.17) is 14.2 Å². The number of alkyl halides is 1. The quantitative estimate of drug-likeness (QED) is 0.631. The van der Waals surface area contributed by atoms with Crippen molar-refractivity contribution in [2.24, 2.45) is 0 Å². The van der Waals surface area contributed by atoms with E-state index in [1.54, 1.807) is 7.11 Å². The smallest absolute Gasteiger partial charge is 0.231 e. The van der Waals surface area contributed by atoms with E-state index in [1.807, 2.05) is 12.1 Å². The second-order valence-electron chi connectivity index (χ2n) is 3.32. The summed E-state index contributed by atoms with van der Waals surface area (Å²) in [5.41, 5.74) is 1.24. The van der Waals surface area contributed by atoms with E-state index in [0.29, 0.717) is 6.79 Å². The van der Waals surface area contributed by atoms with Crippen molar-refractivity contribution in [3.63, 3.8) is 0 Å². The van der Waals surface area contributed by atoms with Crippen molar-refractivity contribution >= 4 is 22.6 Å². The maximum absolute atomic E-state index is 5.36. The molecule has 1 aliphatic rings. The van der Waals surface area contributed by atoms with Gasteiger partial charge in [-0.1, -0.05) is 22.6 Å². The molecule has 0 atom stereocenters. The molecule has 0 saturated carbocycles. The molecule has 0 aliphatic carbocycles. The van der Waals surface area contributed by atoms with Gasteiger partial charge in [-0.2, -0.15) is 0 Å². The molecule has 1 aromatic rings. The molecular formula is C11H13IO3. The Morgan fingerprint density at radius 2 is 2.27 bits per heavy atom. The van der Waals surface area contributed by atoms with Crippen LogP contribution >= 0.6 is 22.6 Å². The predicted molar refractivity (Wildman–Crippen MR) is 66.3 cm³/mol. The normalized spacial score (nSPS) is 12.9. The molecule has 82 valence electrons. The number of hydrogen-bond donors (Lipinski definition) is 0. The molecule has 0 radical (unpaired) electrons. The van der Waals surface area contributed by atoms with Gasteiger partial charge < -0.3 is 14.2 Å². The molecule has 2 rings (SSSR count). The van der Waals surface area contributed by atoms with Crippen molar-refractivity contribution in [1.29, 1.82) is 0 Å². The maximum atomic E-state index is 5.36. The van der Waals surface area contributed by atoms with Crippen LogP contribution in [-0.2, 0) is 6.42 Å². The van der Waals surface area contributed by atoms with Crippen molar-refractivity contribution in [2.45, 2.75) is 12.8 Å². The van der Waals surface area contributed by atoms with Gasteiger partial charge in [0.2, 0.25) is 12.5 Å². The van der Waals surface area contributed by atoms with Gasteiger partial charge in [-0.3, -0.25) is 0 Å². The lowest BCUT2D eigenvalue weighted by atomic mass is 10.1. The molecule has 0 bridgehead atoms. The van der Waals surface area contributed by atoms with Crippen molar-refractivity contribution in [3.8, 4) is 17.2 Å². The van der Waals surface area contributed by atoms with E-state index in [2.05, 4.69) is 22.6 Å². The first-order chi connectivity index (χ1) is 7.35. The van der Waals surface area contributed by atoms with Crippen LogP contribution in [0.5, 0.6) is 17.2 Å². The van der Waals surface area contributed by atoms with Crippen molar-refractivity contribution in [2.75, 3.05) is 18.3 Å². The van der Waals surface area contributed by atoms with E-state index in [-0.39, 0.29) is 0 Å². The van der Waals surface area contributed by atoms with Crippen LogP contribution in [0.2, 0.25) is 0 Å². The molecule has 1 aromatic carbocycles. The summed E-state index contributed by atoms with van der Waals surface area (Å²) in [6, 6.07) is 4.07. The number of aryl methyl sites for hydroxylation is 1. The Bertz CT molecular complexity index is 352. The Labute approximate surface area is 103 Å². The summed E-state index contributed by atoms with van der Waals surface area (Å²) in [5.74, 6) is 2.31. The molecule has 0 aromatic heterocycles. The molecule has 0 amide bonds. The number of halogens is 1. The van der Waals surface area contributed by atoms with Crippen LogP contribution in [-0.4, -0.2) is 18.3 Å². The number of rotatable bonds is 4. The molecule has 0 N–H and O–H groups in total. The van der Waals surface area contributed by atoms with Crippen LogP contribution in [0.25, 0.3) is 0 Å². The average Bonchev–Trinajstić information content (AvgIpc) is 2.73. The summed E-state index contributed by atoms with van der Waals surface area (Å²) in [7, 11) is 1.65. The van der Waals surface area contributed by atoms with Crippen LogP contribution < -0.4 is 14.2 Å². The van der Waals surface area contributed by atoms with Gasteiger partial charge in [0, 0.05) is 0 Å². The van der Waals surface area contributed by atoms with Crippen molar-refractivity contribution in [3.05, 3.63) is 17.7 Å². The minimum atomic E-state index is 0.293. The second kappa shape index (κ2) is 4.92. The highest BCUT2D eigenvalue weighted by molar-refractivity contribution is 14.1. The maximum Gasteiger partial charge on any atom is 0.231 e.